The first-order chi connectivity index (χ1) is 14.5. The Hall–Kier alpha value is -2.53. The number of anilines is 1. The summed E-state index contributed by atoms with van der Waals surface area (Å²) in [6, 6.07) is 15.6. The number of carbonyl (C=O) groups excluding carboxylic acids is 1. The average molecular weight is 409 g/mol. The fourth-order valence-electron chi connectivity index (χ4n) is 4.46. The first-order valence-electron chi connectivity index (χ1n) is 11.1. The third-order valence-electron chi connectivity index (χ3n) is 6.41. The Kier molecular flexibility index (Phi) is 6.28. The van der Waals surface area contributed by atoms with E-state index in [0.29, 0.717) is 25.9 Å². The number of amides is 2. The van der Waals surface area contributed by atoms with E-state index >= 15 is 0 Å². The van der Waals surface area contributed by atoms with Crippen LogP contribution in [0.1, 0.15) is 56.1 Å². The number of hydrogen-bond acceptors (Lipinski definition) is 3. The van der Waals surface area contributed by atoms with Crippen LogP contribution in [-0.2, 0) is 5.60 Å². The minimum absolute atomic E-state index is 0.129. The highest BCUT2D eigenvalue weighted by molar-refractivity contribution is 5.89. The van der Waals surface area contributed by atoms with Gasteiger partial charge in [-0.1, -0.05) is 42.3 Å². The Balaban J connectivity index is 1.32. The number of rotatable bonds is 4. The van der Waals surface area contributed by atoms with Gasteiger partial charge >= 0.3 is 6.03 Å². The molecular formula is C25H32N2O3. The van der Waals surface area contributed by atoms with Crippen molar-refractivity contribution in [2.24, 2.45) is 0 Å². The molecule has 30 heavy (non-hydrogen) atoms. The van der Waals surface area contributed by atoms with Gasteiger partial charge in [0.2, 0.25) is 0 Å². The maximum absolute atomic E-state index is 12.8. The monoisotopic (exact) mass is 408 g/mol. The van der Waals surface area contributed by atoms with Crippen molar-refractivity contribution in [2.45, 2.75) is 63.6 Å². The van der Waals surface area contributed by atoms with Crippen LogP contribution < -0.4 is 10.1 Å². The summed E-state index contributed by atoms with van der Waals surface area (Å²) in [6.07, 6.45) is 7.32. The highest BCUT2D eigenvalue weighted by atomic mass is 16.5. The van der Waals surface area contributed by atoms with Crippen molar-refractivity contribution in [1.29, 1.82) is 0 Å². The van der Waals surface area contributed by atoms with Gasteiger partial charge in [0, 0.05) is 24.8 Å². The Bertz CT molecular complexity index is 851. The molecule has 2 aromatic rings. The molecule has 0 atom stereocenters. The number of piperidine rings is 1. The summed E-state index contributed by atoms with van der Waals surface area (Å²) in [6.45, 7) is 3.08. The van der Waals surface area contributed by atoms with Crippen molar-refractivity contribution < 1.29 is 14.6 Å². The number of carbonyl (C=O) groups is 1. The van der Waals surface area contributed by atoms with Crippen molar-refractivity contribution in [3.05, 3.63) is 59.7 Å². The van der Waals surface area contributed by atoms with Crippen LogP contribution >= 0.6 is 0 Å². The molecule has 2 fully saturated rings. The van der Waals surface area contributed by atoms with Gasteiger partial charge in [-0.15, -0.1) is 0 Å². The maximum Gasteiger partial charge on any atom is 0.321 e. The predicted octanol–water partition coefficient (Wildman–Crippen LogP) is 5.22. The fourth-order valence-corrected chi connectivity index (χ4v) is 4.46. The quantitative estimate of drug-likeness (QED) is 0.729. The molecule has 1 heterocycles. The second-order valence-electron chi connectivity index (χ2n) is 8.72. The smallest absolute Gasteiger partial charge is 0.321 e. The molecule has 1 saturated heterocycles. The van der Waals surface area contributed by atoms with E-state index in [9.17, 15) is 9.90 Å². The van der Waals surface area contributed by atoms with Crippen molar-refractivity contribution in [1.82, 2.24) is 4.90 Å². The van der Waals surface area contributed by atoms with Crippen LogP contribution in [0.4, 0.5) is 10.5 Å². The summed E-state index contributed by atoms with van der Waals surface area (Å²) in [5, 5.41) is 14.0. The van der Waals surface area contributed by atoms with E-state index in [4.69, 9.17) is 4.74 Å². The van der Waals surface area contributed by atoms with Gasteiger partial charge in [-0.3, -0.25) is 0 Å². The molecule has 2 N–H and O–H groups in total. The first-order valence-corrected chi connectivity index (χ1v) is 11.1. The molecule has 160 valence electrons. The lowest BCUT2D eigenvalue weighted by molar-refractivity contribution is -0.0157. The van der Waals surface area contributed by atoms with Crippen molar-refractivity contribution in [3.63, 3.8) is 0 Å². The van der Waals surface area contributed by atoms with E-state index in [1.807, 2.05) is 55.5 Å². The summed E-state index contributed by atoms with van der Waals surface area (Å²) >= 11 is 0. The molecule has 0 aromatic heterocycles. The van der Waals surface area contributed by atoms with Crippen LogP contribution in [0.2, 0.25) is 0 Å². The molecule has 1 aliphatic heterocycles. The summed E-state index contributed by atoms with van der Waals surface area (Å²) in [5.41, 5.74) is 1.99. The minimum atomic E-state index is -0.863. The molecule has 2 aliphatic rings. The first kappa shape index (κ1) is 20.7. The number of benzene rings is 2. The Morgan fingerprint density at radius 3 is 2.47 bits per heavy atom. The molecule has 5 nitrogen and oxygen atoms in total. The SMILES string of the molecule is Cc1ccc(C2(O)CCN(C(=O)Nc3cccc(OC4CCCCC4)c3)CC2)cc1. The molecule has 2 amide bonds. The van der Waals surface area contributed by atoms with E-state index in [1.165, 1.54) is 24.8 Å². The fraction of sp³-hybridized carbons (Fsp3) is 0.480. The van der Waals surface area contributed by atoms with E-state index < -0.39 is 5.60 Å². The summed E-state index contributed by atoms with van der Waals surface area (Å²) in [4.78, 5) is 14.5. The van der Waals surface area contributed by atoms with E-state index in [2.05, 4.69) is 5.32 Å². The zero-order chi connectivity index (χ0) is 21.0. The van der Waals surface area contributed by atoms with E-state index in [1.54, 1.807) is 4.90 Å². The van der Waals surface area contributed by atoms with Gasteiger partial charge in [0.05, 0.1) is 11.7 Å². The van der Waals surface area contributed by atoms with Gasteiger partial charge in [-0.05, 0) is 63.1 Å². The van der Waals surface area contributed by atoms with Gasteiger partial charge in [0.15, 0.2) is 0 Å². The zero-order valence-electron chi connectivity index (χ0n) is 17.8. The molecular weight excluding hydrogens is 376 g/mol. The van der Waals surface area contributed by atoms with Crippen LogP contribution in [0.3, 0.4) is 0 Å². The molecule has 0 unspecified atom stereocenters. The summed E-state index contributed by atoms with van der Waals surface area (Å²) < 4.78 is 6.11. The molecule has 1 saturated carbocycles. The number of urea groups is 1. The van der Waals surface area contributed by atoms with Gasteiger partial charge in [-0.25, -0.2) is 4.79 Å². The summed E-state index contributed by atoms with van der Waals surface area (Å²) in [5.74, 6) is 0.812. The predicted molar refractivity (Wildman–Crippen MR) is 119 cm³/mol. The molecule has 0 bridgehead atoms. The van der Waals surface area contributed by atoms with Gasteiger partial charge in [0.1, 0.15) is 5.75 Å². The third kappa shape index (κ3) is 4.96. The van der Waals surface area contributed by atoms with Crippen molar-refractivity contribution in [3.8, 4) is 5.75 Å². The second-order valence-corrected chi connectivity index (χ2v) is 8.72. The highest BCUT2D eigenvalue weighted by Gasteiger charge is 2.35. The van der Waals surface area contributed by atoms with Crippen LogP contribution in [-0.4, -0.2) is 35.2 Å². The molecule has 2 aromatic carbocycles. The normalized spacial score (nSPS) is 19.3. The molecule has 4 rings (SSSR count). The van der Waals surface area contributed by atoms with E-state index in [0.717, 1.165) is 29.8 Å². The topological polar surface area (TPSA) is 61.8 Å². The van der Waals surface area contributed by atoms with Crippen LogP contribution in [0.5, 0.6) is 5.75 Å². The second kappa shape index (κ2) is 9.09. The van der Waals surface area contributed by atoms with Gasteiger partial charge in [-0.2, -0.15) is 0 Å². The molecule has 1 aliphatic carbocycles. The average Bonchev–Trinajstić information content (AvgIpc) is 2.75. The molecule has 0 radical (unpaired) electrons. The Morgan fingerprint density at radius 1 is 1.07 bits per heavy atom. The number of aryl methyl sites for hydroxylation is 1. The van der Waals surface area contributed by atoms with Crippen LogP contribution in [0, 0.1) is 6.92 Å². The number of nitrogens with one attached hydrogen (secondary N) is 1. The molecule has 0 spiro atoms. The Morgan fingerprint density at radius 2 is 1.77 bits per heavy atom. The van der Waals surface area contributed by atoms with Crippen molar-refractivity contribution in [2.75, 3.05) is 18.4 Å². The number of aliphatic hydroxyl groups is 1. The zero-order valence-corrected chi connectivity index (χ0v) is 17.8. The minimum Gasteiger partial charge on any atom is -0.490 e. The lowest BCUT2D eigenvalue weighted by Crippen LogP contribution is -2.46. The van der Waals surface area contributed by atoms with Crippen molar-refractivity contribution >= 4 is 11.7 Å². The standard InChI is InChI=1S/C25H32N2O3/c1-19-10-12-20(13-11-19)25(29)14-16-27(17-15-25)24(28)26-21-6-5-9-23(18-21)30-22-7-3-2-4-8-22/h5-6,9-13,18,22,29H,2-4,7-8,14-17H2,1H3,(H,26,28). The van der Waals surface area contributed by atoms with E-state index in [-0.39, 0.29) is 12.1 Å². The summed E-state index contributed by atoms with van der Waals surface area (Å²) in [7, 11) is 0. The number of hydrogen-bond donors (Lipinski definition) is 2. The number of ether oxygens (including phenoxy) is 1. The lowest BCUT2D eigenvalue weighted by Gasteiger charge is -2.38. The van der Waals surface area contributed by atoms with Gasteiger partial charge in [0.25, 0.3) is 0 Å². The highest BCUT2D eigenvalue weighted by Crippen LogP contribution is 2.33. The largest absolute Gasteiger partial charge is 0.490 e. The number of nitrogens with zero attached hydrogens (tertiary/aromatic N) is 1. The van der Waals surface area contributed by atoms with Crippen LogP contribution in [0.25, 0.3) is 0 Å². The lowest BCUT2D eigenvalue weighted by atomic mass is 9.84. The molecule has 5 heteroatoms. The van der Waals surface area contributed by atoms with Gasteiger partial charge < -0.3 is 20.1 Å². The number of likely N-dealkylation sites (tertiary alicyclic amines) is 1. The third-order valence-corrected chi connectivity index (χ3v) is 6.41. The maximum atomic E-state index is 12.8. The Labute approximate surface area is 179 Å². The van der Waals surface area contributed by atoms with Crippen LogP contribution in [0.15, 0.2) is 48.5 Å².